The van der Waals surface area contributed by atoms with Crippen LogP contribution in [0.4, 0.5) is 5.69 Å². The van der Waals surface area contributed by atoms with Crippen LogP contribution in [-0.4, -0.2) is 29.2 Å². The van der Waals surface area contributed by atoms with E-state index in [4.69, 9.17) is 0 Å². The van der Waals surface area contributed by atoms with Gasteiger partial charge in [-0.05, 0) is 31.5 Å². The second-order valence-corrected chi connectivity index (χ2v) is 6.50. The lowest BCUT2D eigenvalue weighted by Crippen LogP contribution is -2.40. The quantitative estimate of drug-likeness (QED) is 0.904. The largest absolute Gasteiger partial charge is 0.389 e. The van der Waals surface area contributed by atoms with Gasteiger partial charge in [-0.1, -0.05) is 22.0 Å². The maximum absolute atomic E-state index is 9.61. The first-order valence-electron chi connectivity index (χ1n) is 5.91. The van der Waals surface area contributed by atoms with E-state index in [1.165, 1.54) is 17.2 Å². The first-order chi connectivity index (χ1) is 8.09. The summed E-state index contributed by atoms with van der Waals surface area (Å²) in [7, 11) is 0. The Balaban J connectivity index is 2.24. The van der Waals surface area contributed by atoms with Crippen LogP contribution >= 0.6 is 27.7 Å². The summed E-state index contributed by atoms with van der Waals surface area (Å²) in [4.78, 5) is 2.44. The number of hydrogen-bond donors (Lipinski definition) is 1. The van der Waals surface area contributed by atoms with Crippen LogP contribution in [0, 0.1) is 0 Å². The normalized spacial score (nSPS) is 22.6. The van der Waals surface area contributed by atoms with Crippen LogP contribution in [0.5, 0.6) is 0 Å². The van der Waals surface area contributed by atoms with Crippen molar-refractivity contribution in [3.05, 3.63) is 28.2 Å². The minimum absolute atomic E-state index is 0.423. The highest BCUT2D eigenvalue weighted by Crippen LogP contribution is 2.30. The number of hydrogen-bond acceptors (Lipinski definition) is 3. The lowest BCUT2D eigenvalue weighted by Gasteiger charge is -2.35. The summed E-state index contributed by atoms with van der Waals surface area (Å²) in [5.74, 6) is 2.38. The Kier molecular flexibility index (Phi) is 4.39. The van der Waals surface area contributed by atoms with E-state index in [1.54, 1.807) is 6.92 Å². The van der Waals surface area contributed by atoms with Gasteiger partial charge in [0.15, 0.2) is 0 Å². The van der Waals surface area contributed by atoms with Crippen molar-refractivity contribution in [3.63, 3.8) is 0 Å². The van der Waals surface area contributed by atoms with Crippen LogP contribution in [-0.2, 0) is 0 Å². The summed E-state index contributed by atoms with van der Waals surface area (Å²) in [6.07, 6.45) is -0.423. The molecule has 1 aromatic rings. The van der Waals surface area contributed by atoms with E-state index in [0.29, 0.717) is 6.04 Å². The Morgan fingerprint density at radius 1 is 1.53 bits per heavy atom. The number of rotatable bonds is 2. The van der Waals surface area contributed by atoms with Crippen LogP contribution in [0.25, 0.3) is 0 Å². The second-order valence-electron chi connectivity index (χ2n) is 4.50. The molecule has 2 rings (SSSR count). The molecule has 0 aliphatic carbocycles. The molecule has 0 radical (unpaired) electrons. The summed E-state index contributed by atoms with van der Waals surface area (Å²) in [5, 5.41) is 9.61. The van der Waals surface area contributed by atoms with E-state index in [9.17, 15) is 5.11 Å². The molecule has 2 atom stereocenters. The third-order valence-electron chi connectivity index (χ3n) is 3.13. The van der Waals surface area contributed by atoms with Crippen LogP contribution < -0.4 is 4.90 Å². The number of anilines is 1. The van der Waals surface area contributed by atoms with Gasteiger partial charge >= 0.3 is 0 Å². The molecule has 4 heteroatoms. The zero-order valence-corrected chi connectivity index (χ0v) is 12.6. The van der Waals surface area contributed by atoms with Crippen molar-refractivity contribution >= 4 is 33.4 Å². The van der Waals surface area contributed by atoms with Crippen molar-refractivity contribution in [2.45, 2.75) is 26.0 Å². The van der Waals surface area contributed by atoms with Gasteiger partial charge in [-0.2, -0.15) is 11.8 Å². The van der Waals surface area contributed by atoms with Gasteiger partial charge in [0.2, 0.25) is 0 Å². The molecular weight excluding hydrogens is 298 g/mol. The topological polar surface area (TPSA) is 23.5 Å². The Morgan fingerprint density at radius 3 is 2.88 bits per heavy atom. The summed E-state index contributed by atoms with van der Waals surface area (Å²) >= 11 is 5.56. The number of nitrogens with zero attached hydrogens (tertiary/aromatic N) is 1. The van der Waals surface area contributed by atoms with Crippen molar-refractivity contribution in [2.75, 3.05) is 23.0 Å². The molecule has 0 spiro atoms. The van der Waals surface area contributed by atoms with Gasteiger partial charge < -0.3 is 10.0 Å². The second kappa shape index (κ2) is 5.63. The predicted molar refractivity (Wildman–Crippen MR) is 78.9 cm³/mol. The van der Waals surface area contributed by atoms with E-state index < -0.39 is 6.10 Å². The van der Waals surface area contributed by atoms with Gasteiger partial charge in [0, 0.05) is 34.3 Å². The standard InChI is InChI=1S/C13H18BrNOS/c1-9-8-17-6-5-15(9)11-3-4-12(10(2)16)13(14)7-11/h3-4,7,9-10,16H,5-6,8H2,1-2H3. The monoisotopic (exact) mass is 315 g/mol. The molecule has 1 saturated heterocycles. The van der Waals surface area contributed by atoms with Crippen molar-refractivity contribution in [2.24, 2.45) is 0 Å². The fourth-order valence-corrected chi connectivity index (χ4v) is 3.86. The third kappa shape index (κ3) is 2.98. The average Bonchev–Trinajstić information content (AvgIpc) is 2.29. The zero-order valence-electron chi connectivity index (χ0n) is 10.2. The molecule has 1 N–H and O–H groups in total. The van der Waals surface area contributed by atoms with Gasteiger partial charge in [0.05, 0.1) is 6.10 Å². The van der Waals surface area contributed by atoms with E-state index in [0.717, 1.165) is 16.6 Å². The van der Waals surface area contributed by atoms with Crippen molar-refractivity contribution in [3.8, 4) is 0 Å². The average molecular weight is 316 g/mol. The Morgan fingerprint density at radius 2 is 2.29 bits per heavy atom. The van der Waals surface area contributed by atoms with Crippen molar-refractivity contribution in [1.29, 1.82) is 0 Å². The molecule has 0 bridgehead atoms. The maximum atomic E-state index is 9.61. The molecule has 17 heavy (non-hydrogen) atoms. The van der Waals surface area contributed by atoms with Crippen LogP contribution in [0.3, 0.4) is 0 Å². The number of halogens is 1. The molecule has 2 nitrogen and oxygen atoms in total. The third-order valence-corrected chi connectivity index (χ3v) is 5.01. The molecule has 1 fully saturated rings. The van der Waals surface area contributed by atoms with Gasteiger partial charge in [-0.25, -0.2) is 0 Å². The molecule has 1 heterocycles. The number of aliphatic hydroxyl groups is 1. The number of thioether (sulfide) groups is 1. The molecule has 0 saturated carbocycles. The molecule has 0 amide bonds. The molecule has 94 valence electrons. The zero-order chi connectivity index (χ0) is 12.4. The van der Waals surface area contributed by atoms with Crippen LogP contribution in [0.2, 0.25) is 0 Å². The van der Waals surface area contributed by atoms with E-state index >= 15 is 0 Å². The fourth-order valence-electron chi connectivity index (χ4n) is 2.14. The van der Waals surface area contributed by atoms with Gasteiger partial charge in [0.1, 0.15) is 0 Å². The van der Waals surface area contributed by atoms with Crippen LogP contribution in [0.1, 0.15) is 25.5 Å². The molecule has 1 aromatic carbocycles. The Hall–Kier alpha value is -0.190. The highest BCUT2D eigenvalue weighted by molar-refractivity contribution is 9.10. The fraction of sp³-hybridized carbons (Fsp3) is 0.538. The van der Waals surface area contributed by atoms with E-state index in [2.05, 4.69) is 39.9 Å². The Bertz CT molecular complexity index is 397. The minimum atomic E-state index is -0.423. The SMILES string of the molecule is CC(O)c1ccc(N2CCSCC2C)cc1Br. The van der Waals surface area contributed by atoms with E-state index in [-0.39, 0.29) is 0 Å². The maximum Gasteiger partial charge on any atom is 0.0772 e. The number of benzene rings is 1. The summed E-state index contributed by atoms with van der Waals surface area (Å²) in [6.45, 7) is 5.16. The van der Waals surface area contributed by atoms with Crippen LogP contribution in [0.15, 0.2) is 22.7 Å². The summed E-state index contributed by atoms with van der Waals surface area (Å²) in [6, 6.07) is 6.82. The lowest BCUT2D eigenvalue weighted by molar-refractivity contribution is 0.198. The van der Waals surface area contributed by atoms with Crippen molar-refractivity contribution < 1.29 is 5.11 Å². The highest BCUT2D eigenvalue weighted by Gasteiger charge is 2.19. The minimum Gasteiger partial charge on any atom is -0.389 e. The molecule has 0 aromatic heterocycles. The van der Waals surface area contributed by atoms with E-state index in [1.807, 2.05) is 17.8 Å². The number of aliphatic hydroxyl groups excluding tert-OH is 1. The predicted octanol–water partition coefficient (Wildman–Crippen LogP) is 3.44. The van der Waals surface area contributed by atoms with Gasteiger partial charge in [-0.3, -0.25) is 0 Å². The van der Waals surface area contributed by atoms with Crippen molar-refractivity contribution in [1.82, 2.24) is 0 Å². The summed E-state index contributed by atoms with van der Waals surface area (Å²) < 4.78 is 0.996. The lowest BCUT2D eigenvalue weighted by atomic mass is 10.1. The highest BCUT2D eigenvalue weighted by atomic mass is 79.9. The van der Waals surface area contributed by atoms with Gasteiger partial charge in [-0.15, -0.1) is 0 Å². The first-order valence-corrected chi connectivity index (χ1v) is 7.86. The molecular formula is C13H18BrNOS. The smallest absolute Gasteiger partial charge is 0.0772 e. The molecule has 1 aliphatic rings. The molecule has 2 unspecified atom stereocenters. The Labute approximate surface area is 116 Å². The molecule has 1 aliphatic heterocycles. The van der Waals surface area contributed by atoms with Gasteiger partial charge in [0.25, 0.3) is 0 Å². The first kappa shape index (κ1) is 13.2. The summed E-state index contributed by atoms with van der Waals surface area (Å²) in [5.41, 5.74) is 2.20.